The van der Waals surface area contributed by atoms with Gasteiger partial charge in [-0.3, -0.25) is 0 Å². The first-order chi connectivity index (χ1) is 12.5. The SMILES string of the molecule is C=C(F)C(=O)Oc1ccccc1P(=O)(c1ccccc1)c1ccccc1. The van der Waals surface area contributed by atoms with Gasteiger partial charge in [-0.25, -0.2) is 4.79 Å². The van der Waals surface area contributed by atoms with E-state index < -0.39 is 18.9 Å². The predicted molar refractivity (Wildman–Crippen MR) is 102 cm³/mol. The number of carbonyl (C=O) groups is 1. The first-order valence-electron chi connectivity index (χ1n) is 7.91. The van der Waals surface area contributed by atoms with Crippen LogP contribution in [0.15, 0.2) is 97.3 Å². The minimum absolute atomic E-state index is 0.0485. The fraction of sp³-hybridized carbons (Fsp3) is 0. The Morgan fingerprint density at radius 3 is 1.77 bits per heavy atom. The third-order valence-corrected chi connectivity index (χ3v) is 6.97. The first kappa shape index (κ1) is 17.8. The van der Waals surface area contributed by atoms with Crippen molar-refractivity contribution in [3.05, 3.63) is 97.3 Å². The molecule has 0 aliphatic heterocycles. The summed E-state index contributed by atoms with van der Waals surface area (Å²) in [6, 6.07) is 24.4. The number of esters is 1. The van der Waals surface area contributed by atoms with Gasteiger partial charge in [0.15, 0.2) is 7.14 Å². The highest BCUT2D eigenvalue weighted by molar-refractivity contribution is 7.85. The second kappa shape index (κ2) is 7.51. The molecule has 5 heteroatoms. The first-order valence-corrected chi connectivity index (χ1v) is 9.61. The number of halogens is 1. The Morgan fingerprint density at radius 1 is 0.808 bits per heavy atom. The van der Waals surface area contributed by atoms with Gasteiger partial charge < -0.3 is 9.30 Å². The molecule has 0 saturated heterocycles. The lowest BCUT2D eigenvalue weighted by Crippen LogP contribution is -2.27. The summed E-state index contributed by atoms with van der Waals surface area (Å²) < 4.78 is 32.5. The molecule has 3 aromatic rings. The van der Waals surface area contributed by atoms with Gasteiger partial charge in [0.25, 0.3) is 0 Å². The van der Waals surface area contributed by atoms with Crippen molar-refractivity contribution in [1.29, 1.82) is 0 Å². The van der Waals surface area contributed by atoms with Crippen LogP contribution in [0.1, 0.15) is 0 Å². The van der Waals surface area contributed by atoms with Crippen LogP contribution >= 0.6 is 7.14 Å². The van der Waals surface area contributed by atoms with Crippen LogP contribution in [0.3, 0.4) is 0 Å². The number of rotatable bonds is 5. The van der Waals surface area contributed by atoms with Gasteiger partial charge in [-0.05, 0) is 12.1 Å². The number of para-hydroxylation sites is 1. The van der Waals surface area contributed by atoms with Crippen molar-refractivity contribution in [3.63, 3.8) is 0 Å². The minimum Gasteiger partial charge on any atom is -0.420 e. The molecule has 0 spiro atoms. The van der Waals surface area contributed by atoms with E-state index in [1.807, 2.05) is 12.1 Å². The van der Waals surface area contributed by atoms with Crippen LogP contribution in [-0.2, 0) is 9.36 Å². The smallest absolute Gasteiger partial charge is 0.371 e. The summed E-state index contributed by atoms with van der Waals surface area (Å²) in [5.74, 6) is -2.37. The lowest BCUT2D eigenvalue weighted by Gasteiger charge is -2.22. The largest absolute Gasteiger partial charge is 0.420 e. The third kappa shape index (κ3) is 3.37. The molecule has 0 aliphatic carbocycles. The molecule has 0 heterocycles. The van der Waals surface area contributed by atoms with E-state index in [4.69, 9.17) is 4.74 Å². The summed E-state index contributed by atoms with van der Waals surface area (Å²) in [6.07, 6.45) is 0. The highest BCUT2D eigenvalue weighted by Gasteiger charge is 2.33. The third-order valence-electron chi connectivity index (χ3n) is 3.87. The Balaban J connectivity index is 2.24. The Morgan fingerprint density at radius 2 is 1.27 bits per heavy atom. The lowest BCUT2D eigenvalue weighted by atomic mass is 10.3. The topological polar surface area (TPSA) is 43.4 Å². The van der Waals surface area contributed by atoms with Crippen LogP contribution < -0.4 is 20.7 Å². The molecular weight excluding hydrogens is 350 g/mol. The molecule has 26 heavy (non-hydrogen) atoms. The minimum atomic E-state index is -3.33. The monoisotopic (exact) mass is 366 g/mol. The lowest BCUT2D eigenvalue weighted by molar-refractivity contribution is -0.131. The van der Waals surface area contributed by atoms with E-state index in [1.165, 1.54) is 6.07 Å². The van der Waals surface area contributed by atoms with Crippen molar-refractivity contribution in [3.8, 4) is 5.75 Å². The molecule has 0 unspecified atom stereocenters. The van der Waals surface area contributed by atoms with Crippen LogP contribution in [0, 0.1) is 0 Å². The molecule has 0 bridgehead atoms. The number of hydrogen-bond donors (Lipinski definition) is 0. The van der Waals surface area contributed by atoms with Gasteiger partial charge in [0.05, 0.1) is 5.30 Å². The number of ether oxygens (including phenoxy) is 1. The molecule has 0 amide bonds. The molecule has 3 aromatic carbocycles. The van der Waals surface area contributed by atoms with E-state index in [0.717, 1.165) is 0 Å². The van der Waals surface area contributed by atoms with Crippen molar-refractivity contribution in [2.75, 3.05) is 0 Å². The number of carbonyl (C=O) groups excluding carboxylic acids is 1. The molecule has 0 aliphatic rings. The van der Waals surface area contributed by atoms with Crippen LogP contribution in [0.5, 0.6) is 5.75 Å². The van der Waals surface area contributed by atoms with E-state index in [0.29, 0.717) is 15.9 Å². The van der Waals surface area contributed by atoms with E-state index in [-0.39, 0.29) is 5.75 Å². The second-order valence-corrected chi connectivity index (χ2v) is 8.28. The normalized spacial score (nSPS) is 11.0. The average Bonchev–Trinajstić information content (AvgIpc) is 2.69. The molecular formula is C21H16FO3P. The standard InChI is InChI=1S/C21H16FO3P/c1-16(22)21(23)25-19-14-8-9-15-20(19)26(24,17-10-4-2-5-11-17)18-12-6-3-7-13-18/h2-15H,1H2. The summed E-state index contributed by atoms with van der Waals surface area (Å²) in [4.78, 5) is 11.7. The van der Waals surface area contributed by atoms with Crippen molar-refractivity contribution in [2.45, 2.75) is 0 Å². The molecule has 0 N–H and O–H groups in total. The van der Waals surface area contributed by atoms with Gasteiger partial charge in [-0.2, -0.15) is 4.39 Å². The summed E-state index contributed by atoms with van der Waals surface area (Å²) >= 11 is 0. The highest BCUT2D eigenvalue weighted by Crippen LogP contribution is 2.45. The van der Waals surface area contributed by atoms with E-state index in [2.05, 4.69) is 6.58 Å². The molecule has 0 atom stereocenters. The van der Waals surface area contributed by atoms with Gasteiger partial charge in [0.2, 0.25) is 5.83 Å². The fourth-order valence-electron chi connectivity index (χ4n) is 2.66. The van der Waals surface area contributed by atoms with Gasteiger partial charge >= 0.3 is 5.97 Å². The molecule has 3 rings (SSSR count). The summed E-state index contributed by atoms with van der Waals surface area (Å²) in [5, 5.41) is 1.51. The molecule has 0 fully saturated rings. The molecule has 0 aromatic heterocycles. The van der Waals surface area contributed by atoms with Crippen molar-refractivity contribution >= 4 is 29.0 Å². The Bertz CT molecular complexity index is 941. The maximum Gasteiger partial charge on any atom is 0.371 e. The Kier molecular flexibility index (Phi) is 5.15. The van der Waals surface area contributed by atoms with Crippen LogP contribution in [0.4, 0.5) is 4.39 Å². The fourth-order valence-corrected chi connectivity index (χ4v) is 5.43. The van der Waals surface area contributed by atoms with Gasteiger partial charge in [0.1, 0.15) is 5.75 Å². The summed E-state index contributed by atoms with van der Waals surface area (Å²) in [5.41, 5.74) is 0. The zero-order chi connectivity index (χ0) is 18.6. The maximum absolute atomic E-state index is 14.3. The van der Waals surface area contributed by atoms with Gasteiger partial charge in [-0.1, -0.05) is 79.4 Å². The maximum atomic E-state index is 14.3. The average molecular weight is 366 g/mol. The van der Waals surface area contributed by atoms with Crippen LogP contribution in [0.25, 0.3) is 0 Å². The van der Waals surface area contributed by atoms with E-state index in [9.17, 15) is 13.8 Å². The molecule has 130 valence electrons. The Hall–Kier alpha value is -2.97. The van der Waals surface area contributed by atoms with E-state index in [1.54, 1.807) is 66.7 Å². The summed E-state index contributed by atoms with van der Waals surface area (Å²) in [7, 11) is -3.33. The van der Waals surface area contributed by atoms with Gasteiger partial charge in [-0.15, -0.1) is 0 Å². The molecule has 3 nitrogen and oxygen atoms in total. The summed E-state index contributed by atoms with van der Waals surface area (Å²) in [6.45, 7) is 2.95. The molecule has 0 radical (unpaired) electrons. The zero-order valence-corrected chi connectivity index (χ0v) is 14.7. The number of hydrogen-bond acceptors (Lipinski definition) is 3. The number of benzene rings is 3. The van der Waals surface area contributed by atoms with Crippen molar-refractivity contribution in [2.24, 2.45) is 0 Å². The van der Waals surface area contributed by atoms with Crippen LogP contribution in [0.2, 0.25) is 0 Å². The zero-order valence-electron chi connectivity index (χ0n) is 13.8. The predicted octanol–water partition coefficient (Wildman–Crippen LogP) is 3.71. The van der Waals surface area contributed by atoms with Crippen LogP contribution in [-0.4, -0.2) is 5.97 Å². The molecule has 0 saturated carbocycles. The van der Waals surface area contributed by atoms with Crippen molar-refractivity contribution in [1.82, 2.24) is 0 Å². The quantitative estimate of drug-likeness (QED) is 0.299. The van der Waals surface area contributed by atoms with E-state index >= 15 is 0 Å². The second-order valence-electron chi connectivity index (χ2n) is 5.54. The van der Waals surface area contributed by atoms with Crippen molar-refractivity contribution < 1.29 is 18.5 Å². The highest BCUT2D eigenvalue weighted by atomic mass is 31.2. The van der Waals surface area contributed by atoms with Gasteiger partial charge in [0, 0.05) is 10.6 Å². The Labute approximate surface area is 151 Å².